The zero-order valence-corrected chi connectivity index (χ0v) is 10.5. The van der Waals surface area contributed by atoms with Crippen LogP contribution in [-0.2, 0) is 4.79 Å². The van der Waals surface area contributed by atoms with Gasteiger partial charge in [-0.05, 0) is 26.7 Å². The molecule has 3 amide bonds. The molecular weight excluding hydrogens is 220 g/mol. The van der Waals surface area contributed by atoms with Gasteiger partial charge in [0.25, 0.3) is 0 Å². The van der Waals surface area contributed by atoms with Gasteiger partial charge in [0.1, 0.15) is 0 Å². The maximum absolute atomic E-state index is 11.8. The van der Waals surface area contributed by atoms with Crippen molar-refractivity contribution in [1.29, 1.82) is 0 Å². The minimum Gasteiger partial charge on any atom is -0.338 e. The molecule has 0 radical (unpaired) electrons. The van der Waals surface area contributed by atoms with Crippen molar-refractivity contribution in [2.24, 2.45) is 5.73 Å². The molecule has 17 heavy (non-hydrogen) atoms. The maximum atomic E-state index is 11.8. The molecule has 6 heteroatoms. The number of carbonyl (C=O) groups excluding carboxylic acids is 2. The van der Waals surface area contributed by atoms with E-state index in [0.717, 1.165) is 12.8 Å². The predicted octanol–water partition coefficient (Wildman–Crippen LogP) is -0.356. The van der Waals surface area contributed by atoms with E-state index >= 15 is 0 Å². The number of carbonyl (C=O) groups is 2. The number of hydrogen-bond donors (Lipinski definition) is 3. The molecule has 0 bridgehead atoms. The molecule has 4 N–H and O–H groups in total. The molecule has 1 unspecified atom stereocenters. The summed E-state index contributed by atoms with van der Waals surface area (Å²) >= 11 is 0. The lowest BCUT2D eigenvalue weighted by Crippen LogP contribution is -2.51. The number of urea groups is 1. The van der Waals surface area contributed by atoms with Crippen LogP contribution in [0.25, 0.3) is 0 Å². The SMILES string of the molecule is CCNC(=O)NC(=O)C(C)N(CCN)C1CC1. The molecular formula is C11H22N4O2. The molecule has 1 aliphatic carbocycles. The minimum absolute atomic E-state index is 0.267. The molecule has 0 aromatic carbocycles. The van der Waals surface area contributed by atoms with Crippen molar-refractivity contribution in [2.75, 3.05) is 19.6 Å². The summed E-state index contributed by atoms with van der Waals surface area (Å²) in [6.45, 7) is 5.33. The molecule has 1 saturated carbocycles. The first-order chi connectivity index (χ1) is 8.10. The van der Waals surface area contributed by atoms with Crippen LogP contribution in [-0.4, -0.2) is 48.6 Å². The van der Waals surface area contributed by atoms with Crippen LogP contribution in [0.1, 0.15) is 26.7 Å². The number of imide groups is 1. The number of rotatable bonds is 6. The Morgan fingerprint density at radius 1 is 1.47 bits per heavy atom. The molecule has 0 heterocycles. The third-order valence-corrected chi connectivity index (χ3v) is 2.85. The van der Waals surface area contributed by atoms with Gasteiger partial charge in [-0.3, -0.25) is 15.0 Å². The van der Waals surface area contributed by atoms with E-state index in [1.165, 1.54) is 0 Å². The van der Waals surface area contributed by atoms with E-state index in [-0.39, 0.29) is 11.9 Å². The molecule has 1 atom stereocenters. The number of hydrogen-bond acceptors (Lipinski definition) is 4. The lowest BCUT2D eigenvalue weighted by Gasteiger charge is -2.27. The third kappa shape index (κ3) is 4.32. The second-order valence-electron chi connectivity index (χ2n) is 4.28. The fourth-order valence-corrected chi connectivity index (χ4v) is 1.82. The van der Waals surface area contributed by atoms with Crippen molar-refractivity contribution in [3.05, 3.63) is 0 Å². The van der Waals surface area contributed by atoms with Crippen LogP contribution >= 0.6 is 0 Å². The van der Waals surface area contributed by atoms with Crippen LogP contribution in [0.3, 0.4) is 0 Å². The van der Waals surface area contributed by atoms with Crippen LogP contribution in [0.4, 0.5) is 4.79 Å². The zero-order valence-electron chi connectivity index (χ0n) is 10.5. The summed E-state index contributed by atoms with van der Waals surface area (Å²) in [6, 6.07) is -0.296. The quantitative estimate of drug-likeness (QED) is 0.594. The van der Waals surface area contributed by atoms with Crippen LogP contribution in [0.2, 0.25) is 0 Å². The third-order valence-electron chi connectivity index (χ3n) is 2.85. The van der Waals surface area contributed by atoms with Gasteiger partial charge in [0.05, 0.1) is 6.04 Å². The van der Waals surface area contributed by atoms with Gasteiger partial charge in [-0.1, -0.05) is 0 Å². The molecule has 1 fully saturated rings. The fourth-order valence-electron chi connectivity index (χ4n) is 1.82. The first-order valence-corrected chi connectivity index (χ1v) is 6.14. The van der Waals surface area contributed by atoms with Crippen LogP contribution in [0.5, 0.6) is 0 Å². The van der Waals surface area contributed by atoms with Gasteiger partial charge >= 0.3 is 6.03 Å². The number of nitrogens with zero attached hydrogens (tertiary/aromatic N) is 1. The molecule has 0 aromatic rings. The Morgan fingerprint density at radius 3 is 2.59 bits per heavy atom. The largest absolute Gasteiger partial charge is 0.338 e. The lowest BCUT2D eigenvalue weighted by molar-refractivity contribution is -0.124. The number of nitrogens with two attached hydrogens (primary N) is 1. The molecule has 1 rings (SSSR count). The average molecular weight is 242 g/mol. The van der Waals surface area contributed by atoms with Crippen LogP contribution in [0, 0.1) is 0 Å². The van der Waals surface area contributed by atoms with Crippen molar-refractivity contribution in [3.63, 3.8) is 0 Å². The van der Waals surface area contributed by atoms with E-state index in [0.29, 0.717) is 25.7 Å². The van der Waals surface area contributed by atoms with E-state index < -0.39 is 6.03 Å². The Labute approximate surface area is 102 Å². The summed E-state index contributed by atoms with van der Waals surface area (Å²) in [4.78, 5) is 25.1. The summed E-state index contributed by atoms with van der Waals surface area (Å²) in [5.41, 5.74) is 5.53. The molecule has 0 spiro atoms. The van der Waals surface area contributed by atoms with E-state index in [9.17, 15) is 9.59 Å². The second kappa shape index (κ2) is 6.56. The summed E-state index contributed by atoms with van der Waals surface area (Å²) < 4.78 is 0. The second-order valence-corrected chi connectivity index (χ2v) is 4.28. The maximum Gasteiger partial charge on any atom is 0.321 e. The Bertz CT molecular complexity index is 279. The first-order valence-electron chi connectivity index (χ1n) is 6.14. The van der Waals surface area contributed by atoms with E-state index in [2.05, 4.69) is 15.5 Å². The van der Waals surface area contributed by atoms with Gasteiger partial charge in [0, 0.05) is 25.7 Å². The molecule has 1 aliphatic rings. The van der Waals surface area contributed by atoms with Gasteiger partial charge in [-0.2, -0.15) is 0 Å². The van der Waals surface area contributed by atoms with Crippen molar-refractivity contribution in [3.8, 4) is 0 Å². The number of amides is 3. The highest BCUT2D eigenvalue weighted by atomic mass is 16.2. The minimum atomic E-state index is -0.437. The average Bonchev–Trinajstić information content (AvgIpc) is 3.09. The zero-order chi connectivity index (χ0) is 12.8. The lowest BCUT2D eigenvalue weighted by atomic mass is 10.2. The highest BCUT2D eigenvalue weighted by Crippen LogP contribution is 2.28. The Hall–Kier alpha value is -1.14. The molecule has 0 saturated heterocycles. The normalized spacial score (nSPS) is 16.7. The number of nitrogens with one attached hydrogen (secondary N) is 2. The molecule has 0 aliphatic heterocycles. The highest BCUT2D eigenvalue weighted by Gasteiger charge is 2.34. The van der Waals surface area contributed by atoms with Gasteiger partial charge in [-0.15, -0.1) is 0 Å². The van der Waals surface area contributed by atoms with Gasteiger partial charge in [0.2, 0.25) is 5.91 Å². The first kappa shape index (κ1) is 13.9. The van der Waals surface area contributed by atoms with Crippen molar-refractivity contribution < 1.29 is 9.59 Å². The summed E-state index contributed by atoms with van der Waals surface area (Å²) in [7, 11) is 0. The monoisotopic (exact) mass is 242 g/mol. The molecule has 0 aromatic heterocycles. The van der Waals surface area contributed by atoms with E-state index in [4.69, 9.17) is 5.73 Å². The molecule has 6 nitrogen and oxygen atoms in total. The highest BCUT2D eigenvalue weighted by molar-refractivity contribution is 5.96. The van der Waals surface area contributed by atoms with Crippen molar-refractivity contribution in [2.45, 2.75) is 38.8 Å². The summed E-state index contributed by atoms with van der Waals surface area (Å²) in [5, 5.41) is 4.86. The van der Waals surface area contributed by atoms with Gasteiger partial charge in [0.15, 0.2) is 0 Å². The smallest absolute Gasteiger partial charge is 0.321 e. The van der Waals surface area contributed by atoms with Crippen molar-refractivity contribution in [1.82, 2.24) is 15.5 Å². The Kier molecular flexibility index (Phi) is 5.37. The Morgan fingerprint density at radius 2 is 2.12 bits per heavy atom. The standard InChI is InChI=1S/C11H22N4O2/c1-3-13-11(17)14-10(16)8(2)15(7-6-12)9-4-5-9/h8-9H,3-7,12H2,1-2H3,(H2,13,14,16,17). The van der Waals surface area contributed by atoms with Crippen molar-refractivity contribution >= 4 is 11.9 Å². The Balaban J connectivity index is 2.45. The van der Waals surface area contributed by atoms with E-state index in [1.807, 2.05) is 6.92 Å². The summed E-state index contributed by atoms with van der Waals surface area (Å²) in [5.74, 6) is -0.267. The summed E-state index contributed by atoms with van der Waals surface area (Å²) in [6.07, 6.45) is 2.22. The van der Waals surface area contributed by atoms with Crippen LogP contribution in [0.15, 0.2) is 0 Å². The fraction of sp³-hybridized carbons (Fsp3) is 0.818. The van der Waals surface area contributed by atoms with Crippen LogP contribution < -0.4 is 16.4 Å². The molecule has 98 valence electrons. The van der Waals surface area contributed by atoms with Gasteiger partial charge in [-0.25, -0.2) is 4.79 Å². The van der Waals surface area contributed by atoms with Gasteiger partial charge < -0.3 is 11.1 Å². The topological polar surface area (TPSA) is 87.5 Å². The predicted molar refractivity (Wildman–Crippen MR) is 65.5 cm³/mol. The van der Waals surface area contributed by atoms with E-state index in [1.54, 1.807) is 6.92 Å².